The van der Waals surface area contributed by atoms with Crippen LogP contribution < -0.4 is 0 Å². The van der Waals surface area contributed by atoms with E-state index in [9.17, 15) is 0 Å². The van der Waals surface area contributed by atoms with Crippen LogP contribution in [0.4, 0.5) is 0 Å². The van der Waals surface area contributed by atoms with Gasteiger partial charge in [0.05, 0.1) is 0 Å². The zero-order valence-corrected chi connectivity index (χ0v) is 6.98. The van der Waals surface area contributed by atoms with Crippen LogP contribution in [-0.4, -0.2) is 0 Å². The fraction of sp³-hybridized carbons (Fsp3) is 0.600. The predicted octanol–water partition coefficient (Wildman–Crippen LogP) is 3.45. The summed E-state index contributed by atoms with van der Waals surface area (Å²) in [4.78, 5) is 0. The minimum absolute atomic E-state index is 1.30. The first-order valence-electron chi connectivity index (χ1n) is 4.19. The van der Waals surface area contributed by atoms with E-state index in [2.05, 4.69) is 26.0 Å². The van der Waals surface area contributed by atoms with Crippen molar-refractivity contribution >= 4 is 0 Å². The van der Waals surface area contributed by atoms with E-state index < -0.39 is 0 Å². The van der Waals surface area contributed by atoms with Gasteiger partial charge in [0.25, 0.3) is 0 Å². The summed E-state index contributed by atoms with van der Waals surface area (Å²) < 4.78 is 0. The van der Waals surface area contributed by atoms with Crippen molar-refractivity contribution in [3.8, 4) is 0 Å². The molecule has 0 unspecified atom stereocenters. The fourth-order valence-corrected chi connectivity index (χ4v) is 1.61. The average Bonchev–Trinajstić information content (AvgIpc) is 2.04. The van der Waals surface area contributed by atoms with Gasteiger partial charge in [0.1, 0.15) is 0 Å². The third-order valence-electron chi connectivity index (χ3n) is 2.25. The summed E-state index contributed by atoms with van der Waals surface area (Å²) in [6, 6.07) is 0. The highest BCUT2D eigenvalue weighted by molar-refractivity contribution is 5.31. The quantitative estimate of drug-likeness (QED) is 0.478. The van der Waals surface area contributed by atoms with Gasteiger partial charge >= 0.3 is 0 Å². The molecule has 56 valence electrons. The summed E-state index contributed by atoms with van der Waals surface area (Å²) in [6.45, 7) is 4.29. The van der Waals surface area contributed by atoms with Crippen LogP contribution in [0, 0.1) is 0 Å². The van der Waals surface area contributed by atoms with Crippen molar-refractivity contribution in [1.29, 1.82) is 0 Å². The first kappa shape index (κ1) is 7.59. The molecular weight excluding hydrogens is 120 g/mol. The summed E-state index contributed by atoms with van der Waals surface area (Å²) in [5.41, 5.74) is 3.16. The van der Waals surface area contributed by atoms with Crippen LogP contribution in [0.5, 0.6) is 0 Å². The monoisotopic (exact) mass is 136 g/mol. The molecule has 0 aromatic heterocycles. The Bertz CT molecular complexity index is 141. The van der Waals surface area contributed by atoms with Crippen molar-refractivity contribution in [2.75, 3.05) is 0 Å². The molecule has 1 fully saturated rings. The molecule has 0 heteroatoms. The summed E-state index contributed by atoms with van der Waals surface area (Å²) >= 11 is 0. The zero-order valence-electron chi connectivity index (χ0n) is 6.98. The molecule has 1 rings (SSSR count). The summed E-state index contributed by atoms with van der Waals surface area (Å²) in [5, 5.41) is 0. The van der Waals surface area contributed by atoms with Crippen molar-refractivity contribution < 1.29 is 0 Å². The lowest BCUT2D eigenvalue weighted by Gasteiger charge is -2.16. The molecule has 0 amide bonds. The van der Waals surface area contributed by atoms with Gasteiger partial charge in [-0.3, -0.25) is 0 Å². The molecule has 0 aromatic carbocycles. The normalized spacial score (nSPS) is 27.8. The fourth-order valence-electron chi connectivity index (χ4n) is 1.61. The van der Waals surface area contributed by atoms with Crippen LogP contribution in [0.1, 0.15) is 39.5 Å². The van der Waals surface area contributed by atoms with Crippen molar-refractivity contribution in [3.63, 3.8) is 0 Å². The van der Waals surface area contributed by atoms with Gasteiger partial charge in [-0.2, -0.15) is 0 Å². The molecule has 0 bridgehead atoms. The van der Waals surface area contributed by atoms with Gasteiger partial charge in [0.15, 0.2) is 0 Å². The Labute approximate surface area is 63.6 Å². The second-order valence-electron chi connectivity index (χ2n) is 2.83. The molecule has 0 aliphatic heterocycles. The standard InChI is InChI=1S/C10H16/c1-3-9-7-5-6-8-10(9)4-2/h3-4H,5-8H2,1-2H3/b9-3-,10-4-. The molecule has 0 heterocycles. The average molecular weight is 136 g/mol. The van der Waals surface area contributed by atoms with Crippen LogP contribution >= 0.6 is 0 Å². The van der Waals surface area contributed by atoms with Crippen LogP contribution in [0.25, 0.3) is 0 Å². The molecule has 1 saturated carbocycles. The molecule has 1 aliphatic rings. The van der Waals surface area contributed by atoms with Crippen molar-refractivity contribution in [1.82, 2.24) is 0 Å². The Kier molecular flexibility index (Phi) is 2.73. The second kappa shape index (κ2) is 3.60. The molecule has 0 N–H and O–H groups in total. The summed E-state index contributed by atoms with van der Waals surface area (Å²) in [7, 11) is 0. The molecule has 1 aliphatic carbocycles. The molecule has 10 heavy (non-hydrogen) atoms. The van der Waals surface area contributed by atoms with Crippen LogP contribution in [0.2, 0.25) is 0 Å². The van der Waals surface area contributed by atoms with E-state index in [1.807, 2.05) is 0 Å². The van der Waals surface area contributed by atoms with E-state index in [1.54, 1.807) is 11.1 Å². The van der Waals surface area contributed by atoms with E-state index >= 15 is 0 Å². The summed E-state index contributed by atoms with van der Waals surface area (Å²) in [5.74, 6) is 0. The van der Waals surface area contributed by atoms with Crippen LogP contribution in [-0.2, 0) is 0 Å². The topological polar surface area (TPSA) is 0 Å². The third-order valence-corrected chi connectivity index (χ3v) is 2.25. The van der Waals surface area contributed by atoms with Gasteiger partial charge in [-0.15, -0.1) is 0 Å². The van der Waals surface area contributed by atoms with E-state index in [0.29, 0.717) is 0 Å². The van der Waals surface area contributed by atoms with Gasteiger partial charge in [0.2, 0.25) is 0 Å². The van der Waals surface area contributed by atoms with Crippen molar-refractivity contribution in [3.05, 3.63) is 23.3 Å². The lowest BCUT2D eigenvalue weighted by atomic mass is 9.89. The second-order valence-corrected chi connectivity index (χ2v) is 2.83. The van der Waals surface area contributed by atoms with Gasteiger partial charge in [-0.25, -0.2) is 0 Å². The molecule has 0 saturated heterocycles. The third kappa shape index (κ3) is 1.50. The highest BCUT2D eigenvalue weighted by Gasteiger charge is 2.08. The first-order valence-corrected chi connectivity index (χ1v) is 4.19. The first-order chi connectivity index (χ1) is 4.88. The lowest BCUT2D eigenvalue weighted by molar-refractivity contribution is 0.677. The minimum atomic E-state index is 1.30. The van der Waals surface area contributed by atoms with E-state index in [1.165, 1.54) is 25.7 Å². The molecule has 0 radical (unpaired) electrons. The number of hydrogen-bond donors (Lipinski definition) is 0. The van der Waals surface area contributed by atoms with Crippen molar-refractivity contribution in [2.24, 2.45) is 0 Å². The van der Waals surface area contributed by atoms with E-state index in [-0.39, 0.29) is 0 Å². The van der Waals surface area contributed by atoms with Gasteiger partial charge in [-0.05, 0) is 50.7 Å². The lowest BCUT2D eigenvalue weighted by Crippen LogP contribution is -1.97. The van der Waals surface area contributed by atoms with E-state index in [4.69, 9.17) is 0 Å². The molecule has 0 atom stereocenters. The van der Waals surface area contributed by atoms with Crippen LogP contribution in [0.3, 0.4) is 0 Å². The van der Waals surface area contributed by atoms with Gasteiger partial charge < -0.3 is 0 Å². The predicted molar refractivity (Wildman–Crippen MR) is 46.0 cm³/mol. The number of hydrogen-bond acceptors (Lipinski definition) is 0. The zero-order chi connectivity index (χ0) is 7.40. The molecule has 0 spiro atoms. The maximum atomic E-state index is 2.26. The minimum Gasteiger partial charge on any atom is -0.0842 e. The largest absolute Gasteiger partial charge is 0.0842 e. The van der Waals surface area contributed by atoms with Crippen LogP contribution in [0.15, 0.2) is 23.3 Å². The Morgan fingerprint density at radius 3 is 1.60 bits per heavy atom. The summed E-state index contributed by atoms with van der Waals surface area (Å²) in [6.07, 6.45) is 9.89. The highest BCUT2D eigenvalue weighted by Crippen LogP contribution is 2.27. The maximum Gasteiger partial charge on any atom is -0.0279 e. The van der Waals surface area contributed by atoms with Gasteiger partial charge in [0, 0.05) is 0 Å². The van der Waals surface area contributed by atoms with E-state index in [0.717, 1.165) is 0 Å². The molecule has 0 aromatic rings. The Morgan fingerprint density at radius 1 is 0.900 bits per heavy atom. The maximum absolute atomic E-state index is 2.26. The molecule has 0 nitrogen and oxygen atoms in total. The Morgan fingerprint density at radius 2 is 1.30 bits per heavy atom. The number of allylic oxidation sites excluding steroid dienone is 4. The van der Waals surface area contributed by atoms with Crippen molar-refractivity contribution in [2.45, 2.75) is 39.5 Å². The highest BCUT2D eigenvalue weighted by atomic mass is 14.1. The molecular formula is C10H16. The SMILES string of the molecule is C/C=C1/CCCC/C1=C/C. The number of rotatable bonds is 0. The Balaban J connectivity index is 2.69. The van der Waals surface area contributed by atoms with Gasteiger partial charge in [-0.1, -0.05) is 12.2 Å². The smallest absolute Gasteiger partial charge is 0.0279 e. The Hall–Kier alpha value is -0.520.